The summed E-state index contributed by atoms with van der Waals surface area (Å²) in [7, 11) is 17.0. The van der Waals surface area contributed by atoms with E-state index < -0.39 is 0 Å². The van der Waals surface area contributed by atoms with Crippen LogP contribution in [0.25, 0.3) is 0 Å². The fourth-order valence-electron chi connectivity index (χ4n) is 1.12. The molecule has 104 valence electrons. The molecule has 0 bridgehead atoms. The first kappa shape index (κ1) is 17.6. The summed E-state index contributed by atoms with van der Waals surface area (Å²) in [6.45, 7) is 0. The molecule has 0 aromatic heterocycles. The van der Waals surface area contributed by atoms with Gasteiger partial charge in [-0.3, -0.25) is 0 Å². The second kappa shape index (κ2) is 8.68. The maximum Gasteiger partial charge on any atom is 0.0281 e. The summed E-state index contributed by atoms with van der Waals surface area (Å²) in [4.78, 5) is 0. The molecule has 0 aliphatic rings. The van der Waals surface area contributed by atoms with Crippen LogP contribution in [-0.2, 0) is 0 Å². The smallest absolute Gasteiger partial charge is 0.0281 e. The van der Waals surface area contributed by atoms with E-state index >= 15 is 0 Å². The lowest BCUT2D eigenvalue weighted by Crippen LogP contribution is -2.17. The van der Waals surface area contributed by atoms with Gasteiger partial charge < -0.3 is 0 Å². The lowest BCUT2D eigenvalue weighted by atomic mass is 11.3. The van der Waals surface area contributed by atoms with E-state index in [9.17, 15) is 0 Å². The molecule has 7 heteroatoms. The molecule has 0 fully saturated rings. The zero-order valence-corrected chi connectivity index (χ0v) is 14.6. The van der Waals surface area contributed by atoms with Crippen LogP contribution < -0.4 is 0 Å². The van der Waals surface area contributed by atoms with Gasteiger partial charge in [-0.15, -0.1) is 0 Å². The SMILES string of the molecule is CN(C)S(=CSC=S(N(C)C)N(C)C)N(C)C. The Morgan fingerprint density at radius 3 is 1.00 bits per heavy atom. The topological polar surface area (TPSA) is 13.0 Å². The van der Waals surface area contributed by atoms with Gasteiger partial charge in [0.15, 0.2) is 0 Å². The van der Waals surface area contributed by atoms with E-state index in [1.807, 2.05) is 0 Å². The molecule has 0 heterocycles. The fraction of sp³-hybridized carbons (Fsp3) is 0.800. The predicted octanol–water partition coefficient (Wildman–Crippen LogP) is 1.68. The van der Waals surface area contributed by atoms with Gasteiger partial charge in [0.1, 0.15) is 0 Å². The van der Waals surface area contributed by atoms with E-state index in [0.717, 1.165) is 0 Å². The molecule has 0 aliphatic heterocycles. The van der Waals surface area contributed by atoms with Gasteiger partial charge in [0.2, 0.25) is 0 Å². The summed E-state index contributed by atoms with van der Waals surface area (Å²) in [5, 5.41) is 0. The van der Waals surface area contributed by atoms with Crippen LogP contribution in [-0.4, -0.2) is 83.0 Å². The van der Waals surface area contributed by atoms with Gasteiger partial charge in [-0.2, -0.15) is 0 Å². The number of nitrogens with zero attached hydrogens (tertiary/aromatic N) is 4. The van der Waals surface area contributed by atoms with Crippen molar-refractivity contribution in [3.8, 4) is 0 Å². The van der Waals surface area contributed by atoms with Gasteiger partial charge in [-0.25, -0.2) is 17.2 Å². The number of rotatable bonds is 6. The van der Waals surface area contributed by atoms with Gasteiger partial charge in [0, 0.05) is 9.40 Å². The Hall–Kier alpha value is 0.630. The molecule has 0 unspecified atom stereocenters. The average Bonchev–Trinajstić information content (AvgIpc) is 2.14. The van der Waals surface area contributed by atoms with Gasteiger partial charge in [0.05, 0.1) is 0 Å². The minimum absolute atomic E-state index is 0.0700. The maximum atomic E-state index is 2.28. The largest absolute Gasteiger partial charge is 0.250 e. The molecular formula is C10H26N4S3. The summed E-state index contributed by atoms with van der Waals surface area (Å²) >= 11 is 1.79. The first-order chi connectivity index (χ1) is 7.77. The zero-order valence-electron chi connectivity index (χ0n) is 12.2. The van der Waals surface area contributed by atoms with Crippen molar-refractivity contribution < 1.29 is 0 Å². The van der Waals surface area contributed by atoms with Crippen LogP contribution in [0.4, 0.5) is 0 Å². The van der Waals surface area contributed by atoms with Crippen molar-refractivity contribution in [1.82, 2.24) is 17.2 Å². The van der Waals surface area contributed by atoms with Crippen LogP contribution in [0, 0.1) is 0 Å². The Morgan fingerprint density at radius 1 is 0.588 bits per heavy atom. The van der Waals surface area contributed by atoms with Crippen molar-refractivity contribution in [2.75, 3.05) is 56.4 Å². The zero-order chi connectivity index (χ0) is 13.6. The third-order valence-electron chi connectivity index (χ3n) is 1.78. The normalized spacial score (nSPS) is 12.6. The summed E-state index contributed by atoms with van der Waals surface area (Å²) in [6, 6.07) is 0. The van der Waals surface area contributed by atoms with Crippen LogP contribution in [0.2, 0.25) is 0 Å². The number of thioether (sulfide) groups is 1. The van der Waals surface area contributed by atoms with E-state index in [0.29, 0.717) is 0 Å². The highest BCUT2D eigenvalue weighted by Gasteiger charge is 2.03. The Bertz CT molecular complexity index is 237. The molecule has 4 nitrogen and oxygen atoms in total. The quantitative estimate of drug-likeness (QED) is 0.690. The standard InChI is InChI=1S/C10H26N4S3/c1-11(2)16(12(3)4)9-15-10-17(13(5)6)14(7)8/h9-10H,1-8H3. The van der Waals surface area contributed by atoms with E-state index in [4.69, 9.17) is 0 Å². The molecule has 0 aromatic carbocycles. The third-order valence-corrected chi connectivity index (χ3v) is 7.04. The molecule has 0 saturated carbocycles. The van der Waals surface area contributed by atoms with Gasteiger partial charge in [-0.1, -0.05) is 11.8 Å². The lowest BCUT2D eigenvalue weighted by Gasteiger charge is -2.24. The number of hydrogen-bond acceptors (Lipinski definition) is 5. The molecular weight excluding hydrogens is 272 g/mol. The summed E-state index contributed by atoms with van der Waals surface area (Å²) in [6.07, 6.45) is 0. The minimum Gasteiger partial charge on any atom is -0.250 e. The number of hydrogen-bond donors (Lipinski definition) is 0. The molecule has 0 radical (unpaired) electrons. The van der Waals surface area contributed by atoms with E-state index in [2.05, 4.69) is 83.0 Å². The van der Waals surface area contributed by atoms with Crippen molar-refractivity contribution >= 4 is 42.9 Å². The maximum absolute atomic E-state index is 2.28. The molecule has 0 aromatic rings. The molecule has 0 aliphatic carbocycles. The van der Waals surface area contributed by atoms with Crippen molar-refractivity contribution in [2.45, 2.75) is 0 Å². The highest BCUT2D eigenvalue weighted by molar-refractivity contribution is 8.42. The van der Waals surface area contributed by atoms with Gasteiger partial charge >= 0.3 is 0 Å². The molecule has 0 saturated heterocycles. The molecule has 17 heavy (non-hydrogen) atoms. The summed E-state index contributed by atoms with van der Waals surface area (Å²) in [5.41, 5.74) is 0. The molecule has 0 amide bonds. The third kappa shape index (κ3) is 6.95. The Balaban J connectivity index is 4.73. The van der Waals surface area contributed by atoms with Gasteiger partial charge in [0.25, 0.3) is 0 Å². The molecule has 0 rings (SSSR count). The Morgan fingerprint density at radius 2 is 0.824 bits per heavy atom. The molecule has 0 spiro atoms. The van der Waals surface area contributed by atoms with E-state index in [1.54, 1.807) is 11.8 Å². The average molecular weight is 299 g/mol. The van der Waals surface area contributed by atoms with Crippen LogP contribution >= 0.6 is 33.5 Å². The Kier molecular flexibility index (Phi) is 9.01. The Labute approximate surface area is 116 Å². The second-order valence-electron chi connectivity index (χ2n) is 4.16. The van der Waals surface area contributed by atoms with Crippen LogP contribution in [0.5, 0.6) is 0 Å². The van der Waals surface area contributed by atoms with Crippen LogP contribution in [0.1, 0.15) is 0 Å². The van der Waals surface area contributed by atoms with Crippen molar-refractivity contribution in [1.29, 1.82) is 0 Å². The van der Waals surface area contributed by atoms with E-state index in [1.165, 1.54) is 0 Å². The minimum atomic E-state index is 0.0700. The highest BCUT2D eigenvalue weighted by Crippen LogP contribution is 2.23. The first-order valence-electron chi connectivity index (χ1n) is 5.25. The van der Waals surface area contributed by atoms with E-state index in [-0.39, 0.29) is 21.7 Å². The second-order valence-corrected chi connectivity index (χ2v) is 10.1. The first-order valence-corrected chi connectivity index (χ1v) is 8.60. The molecule has 0 atom stereocenters. The van der Waals surface area contributed by atoms with Crippen molar-refractivity contribution in [2.24, 2.45) is 0 Å². The summed E-state index contributed by atoms with van der Waals surface area (Å²) < 4.78 is 13.5. The molecule has 0 N–H and O–H groups in total. The fourth-order valence-corrected chi connectivity index (χ4v) is 6.56. The predicted molar refractivity (Wildman–Crippen MR) is 89.6 cm³/mol. The van der Waals surface area contributed by atoms with Crippen molar-refractivity contribution in [3.63, 3.8) is 0 Å². The van der Waals surface area contributed by atoms with Gasteiger partial charge in [-0.05, 0) is 78.1 Å². The summed E-state index contributed by atoms with van der Waals surface area (Å²) in [5.74, 6) is 0. The monoisotopic (exact) mass is 298 g/mol. The van der Waals surface area contributed by atoms with Crippen LogP contribution in [0.3, 0.4) is 0 Å². The highest BCUT2D eigenvalue weighted by atomic mass is 32.2. The van der Waals surface area contributed by atoms with Crippen molar-refractivity contribution in [3.05, 3.63) is 0 Å². The lowest BCUT2D eigenvalue weighted by molar-refractivity contribution is 0.613. The van der Waals surface area contributed by atoms with Crippen LogP contribution in [0.15, 0.2) is 0 Å².